The average Bonchev–Trinajstić information content (AvgIpc) is 1.98. The number of aliphatic hydroxyl groups is 1. The van der Waals surface area contributed by atoms with Gasteiger partial charge in [0.05, 0.1) is 26.4 Å². The van der Waals surface area contributed by atoms with Gasteiger partial charge < -0.3 is 33.8 Å². The zero-order chi connectivity index (χ0) is 69.4. The molecule has 0 bridgehead atoms. The monoisotopic (exact) mass is 1380 g/mol. The van der Waals surface area contributed by atoms with Crippen LogP contribution in [0.1, 0.15) is 382 Å². The Kier molecular flexibility index (Phi) is 64.3. The maximum atomic E-state index is 13.1. The van der Waals surface area contributed by atoms with Crippen molar-refractivity contribution < 1.29 is 80.2 Å². The minimum Gasteiger partial charge on any atom is -0.462 e. The standard InChI is InChI=1S/C75H146O17P2/c1-8-10-11-12-13-14-15-16-17-18-19-20-21-28-37-44-51-58-74(79)91-70(62-85-72(77)56-49-42-35-27-23-22-26-34-41-48-55-68(7)9-2)64-89-93(81,82)87-60-69(76)61-88-94(83,84)90-65-71(63-86-73(78)57-50-43-36-31-30-33-40-47-54-67(5)6)92-75(80)59-52-45-38-29-24-25-32-39-46-53-66(3)4/h66-71,76H,8-65H2,1-7H3,(H,81,82)(H,83,84)/t68?,69-,70-,71-/m1/s1. The quantitative estimate of drug-likeness (QED) is 0.0222. The zero-order valence-electron chi connectivity index (χ0n) is 61.4. The molecule has 0 aromatic carbocycles. The highest BCUT2D eigenvalue weighted by Crippen LogP contribution is 2.45. The second-order valence-electron chi connectivity index (χ2n) is 28.2. The number of carbonyl (C=O) groups excluding carboxylic acids is 4. The Morgan fingerprint density at radius 2 is 0.543 bits per heavy atom. The molecule has 0 radical (unpaired) electrons. The number of phosphoric acid groups is 2. The maximum Gasteiger partial charge on any atom is 0.472 e. The van der Waals surface area contributed by atoms with Crippen molar-refractivity contribution >= 4 is 39.5 Å². The summed E-state index contributed by atoms with van der Waals surface area (Å²) in [5.74, 6) is 0.153. The SMILES string of the molecule is CCCCCCCCCCCCCCCCCCCC(=O)O[C@H](COC(=O)CCCCCCCCCCCCC(C)CC)COP(=O)(O)OC[C@@H](O)COP(=O)(O)OC[C@@H](COC(=O)CCCCCCCCCCC(C)C)OC(=O)CCCCCCCCCCCC(C)C. The second kappa shape index (κ2) is 65.7. The summed E-state index contributed by atoms with van der Waals surface area (Å²) >= 11 is 0. The highest BCUT2D eigenvalue weighted by Gasteiger charge is 2.30. The van der Waals surface area contributed by atoms with E-state index in [0.29, 0.717) is 25.7 Å². The zero-order valence-corrected chi connectivity index (χ0v) is 63.2. The van der Waals surface area contributed by atoms with Gasteiger partial charge in [0.25, 0.3) is 0 Å². The Labute approximate surface area is 575 Å². The van der Waals surface area contributed by atoms with Gasteiger partial charge in [-0.2, -0.15) is 0 Å². The number of aliphatic hydroxyl groups excluding tert-OH is 1. The number of ether oxygens (including phenoxy) is 4. The van der Waals surface area contributed by atoms with Crippen LogP contribution in [0.15, 0.2) is 0 Å². The first kappa shape index (κ1) is 92.1. The van der Waals surface area contributed by atoms with Gasteiger partial charge in [-0.3, -0.25) is 37.3 Å². The van der Waals surface area contributed by atoms with E-state index in [-0.39, 0.29) is 25.7 Å². The molecule has 0 aliphatic carbocycles. The van der Waals surface area contributed by atoms with Crippen molar-refractivity contribution in [3.05, 3.63) is 0 Å². The fourth-order valence-electron chi connectivity index (χ4n) is 11.4. The molecular weight excluding hydrogens is 1230 g/mol. The summed E-state index contributed by atoms with van der Waals surface area (Å²) in [4.78, 5) is 72.8. The molecule has 17 nitrogen and oxygen atoms in total. The minimum absolute atomic E-state index is 0.105. The largest absolute Gasteiger partial charge is 0.472 e. The molecule has 0 aromatic heterocycles. The molecule has 0 rings (SSSR count). The van der Waals surface area contributed by atoms with Crippen LogP contribution >= 0.6 is 15.6 Å². The third-order valence-corrected chi connectivity index (χ3v) is 19.6. The molecule has 3 unspecified atom stereocenters. The number of unbranched alkanes of at least 4 members (excludes halogenated alkanes) is 40. The Hall–Kier alpha value is -1.94. The van der Waals surface area contributed by atoms with Crippen LogP contribution in [0.4, 0.5) is 0 Å². The molecule has 0 amide bonds. The van der Waals surface area contributed by atoms with Crippen LogP contribution in [0.3, 0.4) is 0 Å². The summed E-state index contributed by atoms with van der Waals surface area (Å²) < 4.78 is 68.5. The molecule has 3 N–H and O–H groups in total. The van der Waals surface area contributed by atoms with Gasteiger partial charge in [0.2, 0.25) is 0 Å². The van der Waals surface area contributed by atoms with Gasteiger partial charge in [-0.15, -0.1) is 0 Å². The molecular formula is C75H146O17P2. The van der Waals surface area contributed by atoms with Crippen molar-refractivity contribution in [3.8, 4) is 0 Å². The van der Waals surface area contributed by atoms with Crippen LogP contribution < -0.4 is 0 Å². The van der Waals surface area contributed by atoms with E-state index in [0.717, 1.165) is 108 Å². The van der Waals surface area contributed by atoms with Crippen LogP contribution in [0, 0.1) is 17.8 Å². The minimum atomic E-state index is -4.96. The molecule has 0 aliphatic heterocycles. The van der Waals surface area contributed by atoms with E-state index >= 15 is 0 Å². The second-order valence-corrected chi connectivity index (χ2v) is 31.1. The van der Waals surface area contributed by atoms with E-state index in [4.69, 9.17) is 37.0 Å². The van der Waals surface area contributed by atoms with E-state index in [1.807, 2.05) is 0 Å². The molecule has 6 atom stereocenters. The summed E-state index contributed by atoms with van der Waals surface area (Å²) in [5.41, 5.74) is 0. The van der Waals surface area contributed by atoms with Crippen LogP contribution in [0.25, 0.3) is 0 Å². The molecule has 94 heavy (non-hydrogen) atoms. The summed E-state index contributed by atoms with van der Waals surface area (Å²) in [5, 5.41) is 10.6. The van der Waals surface area contributed by atoms with Crippen LogP contribution in [0.2, 0.25) is 0 Å². The Bertz CT molecular complexity index is 1840. The predicted molar refractivity (Wildman–Crippen MR) is 381 cm³/mol. The normalized spacial score (nSPS) is 14.4. The van der Waals surface area contributed by atoms with E-state index in [1.165, 1.54) is 193 Å². The lowest BCUT2D eigenvalue weighted by molar-refractivity contribution is -0.161. The van der Waals surface area contributed by atoms with E-state index < -0.39 is 97.5 Å². The molecule has 0 aliphatic rings. The first-order valence-corrected chi connectivity index (χ1v) is 41.9. The average molecular weight is 1380 g/mol. The lowest BCUT2D eigenvalue weighted by Crippen LogP contribution is -2.30. The fraction of sp³-hybridized carbons (Fsp3) is 0.947. The van der Waals surface area contributed by atoms with Gasteiger partial charge >= 0.3 is 39.5 Å². The molecule has 0 saturated carbocycles. The topological polar surface area (TPSA) is 237 Å². The molecule has 0 aromatic rings. The Morgan fingerprint density at radius 1 is 0.309 bits per heavy atom. The fourth-order valence-corrected chi connectivity index (χ4v) is 13.0. The van der Waals surface area contributed by atoms with Gasteiger partial charge in [0.15, 0.2) is 12.2 Å². The molecule has 558 valence electrons. The van der Waals surface area contributed by atoms with Crippen LogP contribution in [-0.2, 0) is 65.4 Å². The van der Waals surface area contributed by atoms with Crippen molar-refractivity contribution in [2.45, 2.75) is 401 Å². The number of phosphoric ester groups is 2. The van der Waals surface area contributed by atoms with Gasteiger partial charge in [-0.1, -0.05) is 331 Å². The molecule has 0 spiro atoms. The van der Waals surface area contributed by atoms with Gasteiger partial charge in [0, 0.05) is 25.7 Å². The van der Waals surface area contributed by atoms with Crippen molar-refractivity contribution in [1.82, 2.24) is 0 Å². The molecule has 0 saturated heterocycles. The van der Waals surface area contributed by atoms with Gasteiger partial charge in [-0.25, -0.2) is 9.13 Å². The summed E-state index contributed by atoms with van der Waals surface area (Å²) in [6.07, 6.45) is 51.3. The van der Waals surface area contributed by atoms with Crippen molar-refractivity contribution in [2.75, 3.05) is 39.6 Å². The molecule has 0 fully saturated rings. The first-order valence-electron chi connectivity index (χ1n) is 38.9. The highest BCUT2D eigenvalue weighted by atomic mass is 31.2. The van der Waals surface area contributed by atoms with Crippen molar-refractivity contribution in [3.63, 3.8) is 0 Å². The van der Waals surface area contributed by atoms with Gasteiger partial charge in [-0.05, 0) is 43.4 Å². The first-order chi connectivity index (χ1) is 45.3. The Balaban J connectivity index is 5.26. The Morgan fingerprint density at radius 3 is 0.809 bits per heavy atom. The van der Waals surface area contributed by atoms with Gasteiger partial charge in [0.1, 0.15) is 19.3 Å². The lowest BCUT2D eigenvalue weighted by atomic mass is 9.99. The number of esters is 4. The lowest BCUT2D eigenvalue weighted by Gasteiger charge is -2.21. The maximum absolute atomic E-state index is 13.1. The third kappa shape index (κ3) is 67.3. The molecule has 0 heterocycles. The van der Waals surface area contributed by atoms with E-state index in [9.17, 15) is 43.2 Å². The van der Waals surface area contributed by atoms with Crippen LogP contribution in [-0.4, -0.2) is 96.7 Å². The number of rotatable bonds is 73. The van der Waals surface area contributed by atoms with Crippen LogP contribution in [0.5, 0.6) is 0 Å². The molecule has 19 heteroatoms. The smallest absolute Gasteiger partial charge is 0.462 e. The number of carbonyl (C=O) groups is 4. The summed E-state index contributed by atoms with van der Waals surface area (Å²) in [6, 6.07) is 0. The van der Waals surface area contributed by atoms with E-state index in [1.54, 1.807) is 0 Å². The highest BCUT2D eigenvalue weighted by molar-refractivity contribution is 7.47. The van der Waals surface area contributed by atoms with Crippen molar-refractivity contribution in [2.24, 2.45) is 17.8 Å². The third-order valence-electron chi connectivity index (χ3n) is 17.7. The number of hydrogen-bond acceptors (Lipinski definition) is 15. The summed E-state index contributed by atoms with van der Waals surface area (Å²) in [6.45, 7) is 11.9. The van der Waals surface area contributed by atoms with E-state index in [2.05, 4.69) is 48.5 Å². The number of hydrogen-bond donors (Lipinski definition) is 3. The summed E-state index contributed by atoms with van der Waals surface area (Å²) in [7, 11) is -9.91. The predicted octanol–water partition coefficient (Wildman–Crippen LogP) is 21.8. The van der Waals surface area contributed by atoms with Crippen molar-refractivity contribution in [1.29, 1.82) is 0 Å².